The third-order valence-electron chi connectivity index (χ3n) is 3.88. The summed E-state index contributed by atoms with van der Waals surface area (Å²) in [6.07, 6.45) is 1.78. The molecule has 7 nitrogen and oxygen atoms in total. The molecule has 0 saturated heterocycles. The van der Waals surface area contributed by atoms with Crippen LogP contribution < -0.4 is 5.32 Å². The number of alkyl carbamates (subject to hydrolysis) is 1. The Morgan fingerprint density at radius 1 is 1.50 bits per heavy atom. The van der Waals surface area contributed by atoms with Gasteiger partial charge in [-0.25, -0.2) is 4.79 Å². The summed E-state index contributed by atoms with van der Waals surface area (Å²) in [4.78, 5) is 36.7. The summed E-state index contributed by atoms with van der Waals surface area (Å²) in [7, 11) is 1.21. The molecule has 1 saturated carbocycles. The number of hydrogen-bond acceptors (Lipinski definition) is 6. The number of nitrogens with one attached hydrogen (secondary N) is 1. The maximum atomic E-state index is 12.5. The van der Waals surface area contributed by atoms with Gasteiger partial charge < -0.3 is 19.2 Å². The Morgan fingerprint density at radius 3 is 2.77 bits per heavy atom. The van der Waals surface area contributed by atoms with Gasteiger partial charge in [0.05, 0.1) is 20.0 Å². The van der Waals surface area contributed by atoms with Crippen molar-refractivity contribution in [1.29, 1.82) is 0 Å². The van der Waals surface area contributed by atoms with Gasteiger partial charge in [-0.15, -0.1) is 0 Å². The van der Waals surface area contributed by atoms with Crippen LogP contribution in [0.15, 0.2) is 22.8 Å². The minimum Gasteiger partial charge on any atom is -0.467 e. The van der Waals surface area contributed by atoms with E-state index in [-0.39, 0.29) is 18.8 Å². The van der Waals surface area contributed by atoms with Crippen molar-refractivity contribution in [1.82, 2.24) is 5.32 Å². The molecule has 1 fully saturated rings. The molecule has 1 unspecified atom stereocenters. The second-order valence-electron chi connectivity index (χ2n) is 5.05. The number of carbonyl (C=O) groups is 3. The predicted octanol–water partition coefficient (Wildman–Crippen LogP) is 1.98. The summed E-state index contributed by atoms with van der Waals surface area (Å²) >= 11 is 0. The first kappa shape index (κ1) is 16.1. The van der Waals surface area contributed by atoms with Crippen LogP contribution in [0.1, 0.15) is 38.0 Å². The standard InChI is InChI=1S/C15H19NO6/c1-3-21-13(18)15(8-4-7-11(15)17)12(16-14(19)20-2)10-6-5-9-22-10/h5-6,9,12H,3-4,7-8H2,1-2H3,(H,16,19)/t12?,15-/m1/s1. The van der Waals surface area contributed by atoms with E-state index in [0.717, 1.165) is 0 Å². The van der Waals surface area contributed by atoms with Crippen molar-refractivity contribution < 1.29 is 28.3 Å². The van der Waals surface area contributed by atoms with Gasteiger partial charge in [0, 0.05) is 6.42 Å². The number of rotatable bonds is 5. The molecule has 0 spiro atoms. The molecule has 0 radical (unpaired) electrons. The van der Waals surface area contributed by atoms with E-state index >= 15 is 0 Å². The van der Waals surface area contributed by atoms with Crippen molar-refractivity contribution >= 4 is 17.8 Å². The molecule has 1 aromatic heterocycles. The molecule has 0 aromatic carbocycles. The minimum absolute atomic E-state index is 0.150. The quantitative estimate of drug-likeness (QED) is 0.660. The highest BCUT2D eigenvalue weighted by atomic mass is 16.5. The highest BCUT2D eigenvalue weighted by Gasteiger charge is 2.57. The molecule has 0 bridgehead atoms. The first-order valence-electron chi connectivity index (χ1n) is 7.14. The normalized spacial score (nSPS) is 22.2. The van der Waals surface area contributed by atoms with Gasteiger partial charge in [0.15, 0.2) is 11.2 Å². The fourth-order valence-electron chi connectivity index (χ4n) is 2.86. The van der Waals surface area contributed by atoms with Gasteiger partial charge in [0.2, 0.25) is 0 Å². The lowest BCUT2D eigenvalue weighted by atomic mass is 9.76. The fraction of sp³-hybridized carbons (Fsp3) is 0.533. The van der Waals surface area contributed by atoms with Gasteiger partial charge in [-0.3, -0.25) is 9.59 Å². The Labute approximate surface area is 127 Å². The highest BCUT2D eigenvalue weighted by molar-refractivity contribution is 6.06. The monoisotopic (exact) mass is 309 g/mol. The third-order valence-corrected chi connectivity index (χ3v) is 3.88. The van der Waals surface area contributed by atoms with Crippen LogP contribution in [0, 0.1) is 5.41 Å². The molecule has 1 N–H and O–H groups in total. The van der Waals surface area contributed by atoms with Crippen molar-refractivity contribution in [3.05, 3.63) is 24.2 Å². The Hall–Kier alpha value is -2.31. The van der Waals surface area contributed by atoms with E-state index in [1.54, 1.807) is 19.1 Å². The van der Waals surface area contributed by atoms with E-state index < -0.39 is 23.5 Å². The van der Waals surface area contributed by atoms with Crippen LogP contribution in [-0.2, 0) is 19.1 Å². The molecule has 1 heterocycles. The summed E-state index contributed by atoms with van der Waals surface area (Å²) in [5, 5.41) is 2.55. The van der Waals surface area contributed by atoms with Crippen LogP contribution in [0.25, 0.3) is 0 Å². The van der Waals surface area contributed by atoms with Crippen LogP contribution in [-0.4, -0.2) is 31.6 Å². The maximum Gasteiger partial charge on any atom is 0.407 e. The molecule has 0 aliphatic heterocycles. The van der Waals surface area contributed by atoms with Crippen LogP contribution >= 0.6 is 0 Å². The maximum absolute atomic E-state index is 12.5. The van der Waals surface area contributed by atoms with Crippen LogP contribution in [0.5, 0.6) is 0 Å². The average molecular weight is 309 g/mol. The molecular formula is C15H19NO6. The van der Waals surface area contributed by atoms with Crippen molar-refractivity contribution in [2.75, 3.05) is 13.7 Å². The zero-order valence-corrected chi connectivity index (χ0v) is 12.6. The lowest BCUT2D eigenvalue weighted by molar-refractivity contribution is -0.161. The zero-order valence-electron chi connectivity index (χ0n) is 12.6. The number of ether oxygens (including phenoxy) is 2. The van der Waals surface area contributed by atoms with Gasteiger partial charge in [0.25, 0.3) is 0 Å². The van der Waals surface area contributed by atoms with E-state index in [9.17, 15) is 14.4 Å². The molecule has 1 aliphatic rings. The largest absolute Gasteiger partial charge is 0.467 e. The van der Waals surface area contributed by atoms with E-state index in [1.807, 2.05) is 0 Å². The smallest absolute Gasteiger partial charge is 0.407 e. The number of ketones is 1. The number of amides is 1. The third kappa shape index (κ3) is 2.70. The summed E-state index contributed by atoms with van der Waals surface area (Å²) in [6, 6.07) is 2.27. The van der Waals surface area contributed by atoms with E-state index in [0.29, 0.717) is 18.6 Å². The summed E-state index contributed by atoms with van der Waals surface area (Å²) in [6.45, 7) is 1.82. The van der Waals surface area contributed by atoms with Crippen molar-refractivity contribution in [2.24, 2.45) is 5.41 Å². The molecule has 1 aromatic rings. The summed E-state index contributed by atoms with van der Waals surface area (Å²) in [5.41, 5.74) is -1.47. The number of carbonyl (C=O) groups excluding carboxylic acids is 3. The number of methoxy groups -OCH3 is 1. The predicted molar refractivity (Wildman–Crippen MR) is 74.9 cm³/mol. The van der Waals surface area contributed by atoms with Gasteiger partial charge >= 0.3 is 12.1 Å². The van der Waals surface area contributed by atoms with Crippen molar-refractivity contribution in [2.45, 2.75) is 32.2 Å². The molecule has 1 amide bonds. The average Bonchev–Trinajstić information content (AvgIpc) is 3.15. The second kappa shape index (κ2) is 6.64. The Morgan fingerprint density at radius 2 is 2.27 bits per heavy atom. The lowest BCUT2D eigenvalue weighted by Crippen LogP contribution is -2.49. The van der Waals surface area contributed by atoms with Crippen LogP contribution in [0.3, 0.4) is 0 Å². The van der Waals surface area contributed by atoms with Crippen molar-refractivity contribution in [3.63, 3.8) is 0 Å². The summed E-state index contributed by atoms with van der Waals surface area (Å²) < 4.78 is 15.0. The van der Waals surface area contributed by atoms with E-state index in [2.05, 4.69) is 10.1 Å². The highest BCUT2D eigenvalue weighted by Crippen LogP contribution is 2.46. The van der Waals surface area contributed by atoms with Crippen LogP contribution in [0.4, 0.5) is 4.79 Å². The Bertz CT molecular complexity index is 552. The molecule has 2 atom stereocenters. The molecular weight excluding hydrogens is 290 g/mol. The molecule has 1 aliphatic carbocycles. The molecule has 7 heteroatoms. The van der Waals surface area contributed by atoms with E-state index in [1.165, 1.54) is 13.4 Å². The fourth-order valence-corrected chi connectivity index (χ4v) is 2.86. The minimum atomic E-state index is -1.47. The number of hydrogen-bond donors (Lipinski definition) is 1. The topological polar surface area (TPSA) is 94.8 Å². The molecule has 120 valence electrons. The van der Waals surface area contributed by atoms with Crippen LogP contribution in [0.2, 0.25) is 0 Å². The number of esters is 1. The number of Topliss-reactive ketones (excluding diaryl/α,β-unsaturated/α-hetero) is 1. The van der Waals surface area contributed by atoms with Gasteiger partial charge in [-0.1, -0.05) is 0 Å². The van der Waals surface area contributed by atoms with Gasteiger partial charge in [-0.05, 0) is 31.9 Å². The molecule has 2 rings (SSSR count). The zero-order chi connectivity index (χ0) is 16.2. The summed E-state index contributed by atoms with van der Waals surface area (Å²) in [5.74, 6) is -0.590. The van der Waals surface area contributed by atoms with Crippen molar-refractivity contribution in [3.8, 4) is 0 Å². The lowest BCUT2D eigenvalue weighted by Gasteiger charge is -2.32. The molecule has 22 heavy (non-hydrogen) atoms. The van der Waals surface area contributed by atoms with Gasteiger partial charge in [0.1, 0.15) is 11.8 Å². The second-order valence-corrected chi connectivity index (χ2v) is 5.05. The van der Waals surface area contributed by atoms with Gasteiger partial charge in [-0.2, -0.15) is 0 Å². The first-order chi connectivity index (χ1) is 10.6. The Kier molecular flexibility index (Phi) is 4.85. The SMILES string of the molecule is CCOC(=O)[C@]1(C(NC(=O)OC)c2ccco2)CCCC1=O. The first-order valence-corrected chi connectivity index (χ1v) is 7.14. The Balaban J connectivity index is 2.46. The number of furan rings is 1. The van der Waals surface area contributed by atoms with E-state index in [4.69, 9.17) is 9.15 Å².